The monoisotopic (exact) mass is 450 g/mol. The maximum atomic E-state index is 12.9. The first-order chi connectivity index (χ1) is 15.4. The maximum Gasteiger partial charge on any atom is 0.270 e. The van der Waals surface area contributed by atoms with E-state index < -0.39 is 11.9 Å². The molecule has 2 unspecified atom stereocenters. The summed E-state index contributed by atoms with van der Waals surface area (Å²) in [5, 5.41) is 6.77. The topological polar surface area (TPSA) is 121 Å². The number of nitrogens with two attached hydrogens (primary N) is 1. The van der Waals surface area contributed by atoms with Crippen molar-refractivity contribution >= 4 is 39.0 Å². The van der Waals surface area contributed by atoms with Crippen molar-refractivity contribution < 1.29 is 9.59 Å². The lowest BCUT2D eigenvalue weighted by molar-refractivity contribution is -0.117. The molecule has 2 amide bonds. The number of thiazole rings is 1. The van der Waals surface area contributed by atoms with Crippen LogP contribution in [0.1, 0.15) is 46.6 Å². The Balaban J connectivity index is 1.43. The van der Waals surface area contributed by atoms with Crippen LogP contribution in [0.15, 0.2) is 48.5 Å². The number of aromatic nitrogens is 1. The summed E-state index contributed by atoms with van der Waals surface area (Å²) in [6, 6.07) is 15.7. The van der Waals surface area contributed by atoms with Crippen LogP contribution in [0.3, 0.4) is 0 Å². The largest absolute Gasteiger partial charge is 0.364 e. The first-order valence-corrected chi connectivity index (χ1v) is 11.3. The zero-order valence-corrected chi connectivity index (χ0v) is 18.8. The quantitative estimate of drug-likeness (QED) is 0.376. The summed E-state index contributed by atoms with van der Waals surface area (Å²) in [6.45, 7) is 4.12. The summed E-state index contributed by atoms with van der Waals surface area (Å²) in [4.78, 5) is 29.0. The van der Waals surface area contributed by atoms with Gasteiger partial charge < -0.3 is 16.4 Å². The minimum Gasteiger partial charge on any atom is -0.364 e. The average molecular weight is 451 g/mol. The molecule has 1 aliphatic heterocycles. The van der Waals surface area contributed by atoms with Crippen LogP contribution in [0.5, 0.6) is 0 Å². The molecule has 9 heteroatoms. The Morgan fingerprint density at radius 2 is 1.84 bits per heavy atom. The minimum absolute atomic E-state index is 0.0208. The van der Waals surface area contributed by atoms with Crippen LogP contribution >= 0.6 is 11.3 Å². The van der Waals surface area contributed by atoms with Crippen LogP contribution in [0, 0.1) is 6.92 Å². The molecule has 3 aromatic rings. The van der Waals surface area contributed by atoms with Gasteiger partial charge >= 0.3 is 0 Å². The Hall–Kier alpha value is -3.27. The lowest BCUT2D eigenvalue weighted by Gasteiger charge is -2.10. The van der Waals surface area contributed by atoms with E-state index >= 15 is 0 Å². The lowest BCUT2D eigenvalue weighted by atomic mass is 10.00. The molecule has 4 rings (SSSR count). The molecule has 2 aromatic carbocycles. The van der Waals surface area contributed by atoms with Crippen LogP contribution in [0.2, 0.25) is 0 Å². The Bertz CT molecular complexity index is 1110. The van der Waals surface area contributed by atoms with Crippen LogP contribution in [0.4, 0.5) is 15.8 Å². The summed E-state index contributed by atoms with van der Waals surface area (Å²) in [5.41, 5.74) is 16.1. The molecule has 0 saturated carbocycles. The first kappa shape index (κ1) is 21.9. The molecule has 0 spiro atoms. The molecular formula is C23H26N6O2S. The number of nitrogens with one attached hydrogen (secondary N) is 4. The number of aryl methyl sites for hydroxylation is 2. The van der Waals surface area contributed by atoms with Crippen molar-refractivity contribution in [3.05, 3.63) is 70.9 Å². The molecule has 1 fully saturated rings. The summed E-state index contributed by atoms with van der Waals surface area (Å²) in [7, 11) is 0. The maximum absolute atomic E-state index is 12.9. The van der Waals surface area contributed by atoms with E-state index in [0.29, 0.717) is 16.6 Å². The van der Waals surface area contributed by atoms with Gasteiger partial charge in [0.05, 0.1) is 0 Å². The number of benzene rings is 2. The normalized spacial score (nSPS) is 17.8. The summed E-state index contributed by atoms with van der Waals surface area (Å²) < 4.78 is 0. The van der Waals surface area contributed by atoms with Gasteiger partial charge in [0.1, 0.15) is 11.0 Å². The molecule has 0 radical (unpaired) electrons. The predicted molar refractivity (Wildman–Crippen MR) is 127 cm³/mol. The van der Waals surface area contributed by atoms with Crippen molar-refractivity contribution in [2.24, 2.45) is 5.73 Å². The molecule has 1 aliphatic rings. The Kier molecular flexibility index (Phi) is 6.50. The average Bonchev–Trinajstić information content (AvgIpc) is 3.43. The Labute approximate surface area is 190 Å². The second-order valence-corrected chi connectivity index (χ2v) is 8.77. The number of hydrogen-bond donors (Lipinski definition) is 5. The molecule has 8 nitrogen and oxygen atoms in total. The second-order valence-electron chi connectivity index (χ2n) is 7.77. The van der Waals surface area contributed by atoms with Gasteiger partial charge in [0.25, 0.3) is 5.91 Å². The minimum atomic E-state index is -0.695. The SMILES string of the molecule is CCc1ccc(C2CC(C(=O)Nc3sc(Nc4ccc(C)cc4)nc3C(N)=O)NN2)cc1. The smallest absolute Gasteiger partial charge is 0.270 e. The van der Waals surface area contributed by atoms with E-state index in [1.807, 2.05) is 31.2 Å². The third kappa shape index (κ3) is 4.96. The summed E-state index contributed by atoms with van der Waals surface area (Å²) in [5.74, 6) is -0.946. The van der Waals surface area contributed by atoms with Gasteiger partial charge in [-0.25, -0.2) is 15.8 Å². The number of anilines is 3. The van der Waals surface area contributed by atoms with Crippen LogP contribution in [0.25, 0.3) is 0 Å². The number of carbonyl (C=O) groups is 2. The fourth-order valence-electron chi connectivity index (χ4n) is 3.52. The number of primary amides is 1. The van der Waals surface area contributed by atoms with Crippen molar-refractivity contribution in [3.8, 4) is 0 Å². The molecule has 6 N–H and O–H groups in total. The standard InChI is InChI=1S/C23H26N6O2S/c1-3-14-6-8-15(9-7-14)17-12-18(29-28-17)21(31)27-22-19(20(24)30)26-23(32-22)25-16-10-4-13(2)5-11-16/h4-11,17-18,28-29H,3,12H2,1-2H3,(H2,24,30)(H,25,26)(H,27,31). The third-order valence-electron chi connectivity index (χ3n) is 5.41. The van der Waals surface area contributed by atoms with Gasteiger partial charge in [-0.2, -0.15) is 0 Å². The highest BCUT2D eigenvalue weighted by atomic mass is 32.1. The number of amides is 2. The highest BCUT2D eigenvalue weighted by Gasteiger charge is 2.31. The van der Waals surface area contributed by atoms with Gasteiger partial charge in [-0.1, -0.05) is 60.2 Å². The van der Waals surface area contributed by atoms with E-state index in [1.165, 1.54) is 16.9 Å². The molecule has 2 atom stereocenters. The molecule has 32 heavy (non-hydrogen) atoms. The fraction of sp³-hybridized carbons (Fsp3) is 0.261. The zero-order valence-electron chi connectivity index (χ0n) is 17.9. The van der Waals surface area contributed by atoms with Gasteiger partial charge in [-0.05, 0) is 43.0 Å². The second kappa shape index (κ2) is 9.47. The molecule has 0 aliphatic carbocycles. The van der Waals surface area contributed by atoms with E-state index in [2.05, 4.69) is 57.7 Å². The van der Waals surface area contributed by atoms with Crippen LogP contribution in [-0.2, 0) is 11.2 Å². The molecular weight excluding hydrogens is 424 g/mol. The van der Waals surface area contributed by atoms with E-state index in [9.17, 15) is 9.59 Å². The Morgan fingerprint density at radius 3 is 2.50 bits per heavy atom. The molecule has 0 bridgehead atoms. The lowest BCUT2D eigenvalue weighted by Crippen LogP contribution is -2.39. The predicted octanol–water partition coefficient (Wildman–Crippen LogP) is 3.40. The summed E-state index contributed by atoms with van der Waals surface area (Å²) in [6.07, 6.45) is 1.57. The number of hydrogen-bond acceptors (Lipinski definition) is 7. The molecule has 166 valence electrons. The van der Waals surface area contributed by atoms with Crippen molar-refractivity contribution in [2.75, 3.05) is 10.6 Å². The number of rotatable bonds is 7. The molecule has 1 saturated heterocycles. The fourth-order valence-corrected chi connectivity index (χ4v) is 4.41. The zero-order chi connectivity index (χ0) is 22.7. The van der Waals surface area contributed by atoms with E-state index in [1.54, 1.807) is 0 Å². The van der Waals surface area contributed by atoms with Gasteiger partial charge in [0.2, 0.25) is 5.91 Å². The van der Waals surface area contributed by atoms with Crippen LogP contribution in [-0.4, -0.2) is 22.8 Å². The number of nitrogens with zero attached hydrogens (tertiary/aromatic N) is 1. The number of hydrazine groups is 1. The van der Waals surface area contributed by atoms with Crippen molar-refractivity contribution in [3.63, 3.8) is 0 Å². The van der Waals surface area contributed by atoms with Gasteiger partial charge in [-0.3, -0.25) is 9.59 Å². The number of carbonyl (C=O) groups excluding carboxylic acids is 2. The first-order valence-electron chi connectivity index (χ1n) is 10.5. The van der Waals surface area contributed by atoms with E-state index in [-0.39, 0.29) is 17.6 Å². The summed E-state index contributed by atoms with van der Waals surface area (Å²) >= 11 is 1.17. The van der Waals surface area contributed by atoms with Crippen LogP contribution < -0.4 is 27.2 Å². The van der Waals surface area contributed by atoms with E-state index in [0.717, 1.165) is 23.2 Å². The van der Waals surface area contributed by atoms with Crippen molar-refractivity contribution in [2.45, 2.75) is 38.8 Å². The molecule has 1 aromatic heterocycles. The van der Waals surface area contributed by atoms with Gasteiger partial charge in [0, 0.05) is 11.7 Å². The van der Waals surface area contributed by atoms with Gasteiger partial charge in [0.15, 0.2) is 10.8 Å². The van der Waals surface area contributed by atoms with Crippen molar-refractivity contribution in [1.29, 1.82) is 0 Å². The Morgan fingerprint density at radius 1 is 1.12 bits per heavy atom. The molecule has 2 heterocycles. The third-order valence-corrected chi connectivity index (χ3v) is 6.30. The highest BCUT2D eigenvalue weighted by Crippen LogP contribution is 2.31. The highest BCUT2D eigenvalue weighted by molar-refractivity contribution is 7.20. The van der Waals surface area contributed by atoms with Crippen molar-refractivity contribution in [1.82, 2.24) is 15.8 Å². The van der Waals surface area contributed by atoms with E-state index in [4.69, 9.17) is 5.73 Å². The van der Waals surface area contributed by atoms with Gasteiger partial charge in [-0.15, -0.1) is 0 Å².